The van der Waals surface area contributed by atoms with Gasteiger partial charge in [-0.05, 0) is 30.5 Å². The van der Waals surface area contributed by atoms with Crippen LogP contribution in [0.15, 0.2) is 24.3 Å². The van der Waals surface area contributed by atoms with Crippen LogP contribution in [0, 0.1) is 11.3 Å². The summed E-state index contributed by atoms with van der Waals surface area (Å²) in [5.41, 5.74) is 7.17. The van der Waals surface area contributed by atoms with E-state index in [9.17, 15) is 4.79 Å². The molecular weight excluding hydrogens is 264 g/mol. The average molecular weight is 288 g/mol. The van der Waals surface area contributed by atoms with Crippen molar-refractivity contribution in [3.8, 4) is 0 Å². The molecule has 0 bridgehead atoms. The Balaban J connectivity index is 1.65. The van der Waals surface area contributed by atoms with Crippen LogP contribution >= 0.6 is 0 Å². The number of carbonyl (C=O) groups excluding carboxylic acids is 1. The predicted molar refractivity (Wildman–Crippen MR) is 81.8 cm³/mol. The first-order valence-corrected chi connectivity index (χ1v) is 7.74. The molecule has 1 aliphatic heterocycles. The SMILES string of the molecule is CC1(C)C(NCc2cccc(C(N)=O)c2)C2CCCOC21. The van der Waals surface area contributed by atoms with Gasteiger partial charge in [-0.2, -0.15) is 0 Å². The summed E-state index contributed by atoms with van der Waals surface area (Å²) in [4.78, 5) is 11.2. The van der Waals surface area contributed by atoms with Gasteiger partial charge in [0.1, 0.15) is 0 Å². The third-order valence-electron chi connectivity index (χ3n) is 5.07. The molecule has 1 heterocycles. The number of rotatable bonds is 4. The molecule has 4 nitrogen and oxygen atoms in total. The Morgan fingerprint density at radius 2 is 2.29 bits per heavy atom. The Hall–Kier alpha value is -1.39. The van der Waals surface area contributed by atoms with Crippen LogP contribution in [0.25, 0.3) is 0 Å². The van der Waals surface area contributed by atoms with Crippen molar-refractivity contribution in [2.75, 3.05) is 6.61 Å². The molecule has 0 radical (unpaired) electrons. The molecule has 1 aromatic rings. The summed E-state index contributed by atoms with van der Waals surface area (Å²) in [5.74, 6) is 0.245. The fourth-order valence-electron chi connectivity index (χ4n) is 4.00. The van der Waals surface area contributed by atoms with E-state index in [1.165, 1.54) is 6.42 Å². The van der Waals surface area contributed by atoms with Crippen LogP contribution in [-0.2, 0) is 11.3 Å². The van der Waals surface area contributed by atoms with Crippen molar-refractivity contribution in [1.29, 1.82) is 0 Å². The molecule has 4 heteroatoms. The molecule has 1 aromatic carbocycles. The first kappa shape index (κ1) is 14.5. The van der Waals surface area contributed by atoms with E-state index < -0.39 is 0 Å². The zero-order valence-electron chi connectivity index (χ0n) is 12.8. The first-order valence-electron chi connectivity index (χ1n) is 7.74. The highest BCUT2D eigenvalue weighted by Gasteiger charge is 2.57. The van der Waals surface area contributed by atoms with Gasteiger partial charge in [0.15, 0.2) is 0 Å². The predicted octanol–water partition coefficient (Wildman–Crippen LogP) is 2.08. The van der Waals surface area contributed by atoms with E-state index >= 15 is 0 Å². The normalized spacial score (nSPS) is 30.3. The van der Waals surface area contributed by atoms with E-state index in [1.807, 2.05) is 18.2 Å². The van der Waals surface area contributed by atoms with Gasteiger partial charge in [-0.25, -0.2) is 0 Å². The lowest BCUT2D eigenvalue weighted by molar-refractivity contribution is -0.192. The molecule has 1 saturated heterocycles. The van der Waals surface area contributed by atoms with Gasteiger partial charge in [-0.1, -0.05) is 26.0 Å². The number of nitrogens with two attached hydrogens (primary N) is 1. The second kappa shape index (κ2) is 5.43. The van der Waals surface area contributed by atoms with Gasteiger partial charge in [-0.3, -0.25) is 4.79 Å². The number of amides is 1. The smallest absolute Gasteiger partial charge is 0.248 e. The number of hydrogen-bond donors (Lipinski definition) is 2. The third kappa shape index (κ3) is 2.58. The van der Waals surface area contributed by atoms with E-state index in [1.54, 1.807) is 6.07 Å². The summed E-state index contributed by atoms with van der Waals surface area (Å²) < 4.78 is 5.92. The first-order chi connectivity index (χ1) is 10.00. The molecule has 114 valence electrons. The second-order valence-corrected chi connectivity index (χ2v) is 6.84. The number of fused-ring (bicyclic) bond motifs is 1. The van der Waals surface area contributed by atoms with Gasteiger partial charge in [-0.15, -0.1) is 0 Å². The Bertz CT molecular complexity index is 541. The Labute approximate surface area is 126 Å². The van der Waals surface area contributed by atoms with Crippen molar-refractivity contribution in [2.24, 2.45) is 17.1 Å². The molecule has 1 amide bonds. The minimum atomic E-state index is -0.374. The molecule has 0 aromatic heterocycles. The van der Waals surface area contributed by atoms with E-state index in [4.69, 9.17) is 10.5 Å². The third-order valence-corrected chi connectivity index (χ3v) is 5.07. The number of carbonyl (C=O) groups is 1. The van der Waals surface area contributed by atoms with Crippen molar-refractivity contribution in [3.05, 3.63) is 35.4 Å². The maximum absolute atomic E-state index is 11.2. The molecule has 3 N–H and O–H groups in total. The lowest BCUT2D eigenvalue weighted by Gasteiger charge is -2.60. The summed E-state index contributed by atoms with van der Waals surface area (Å²) >= 11 is 0. The minimum Gasteiger partial charge on any atom is -0.377 e. The lowest BCUT2D eigenvalue weighted by atomic mass is 9.55. The molecular formula is C17H24N2O2. The monoisotopic (exact) mass is 288 g/mol. The molecule has 1 saturated carbocycles. The van der Waals surface area contributed by atoms with Crippen molar-refractivity contribution in [1.82, 2.24) is 5.32 Å². The Morgan fingerprint density at radius 1 is 1.48 bits per heavy atom. The fourth-order valence-corrected chi connectivity index (χ4v) is 4.00. The van der Waals surface area contributed by atoms with Gasteiger partial charge in [0.05, 0.1) is 6.10 Å². The van der Waals surface area contributed by atoms with Crippen LogP contribution in [0.1, 0.15) is 42.6 Å². The van der Waals surface area contributed by atoms with Crippen molar-refractivity contribution < 1.29 is 9.53 Å². The van der Waals surface area contributed by atoms with E-state index in [0.717, 1.165) is 25.1 Å². The highest BCUT2D eigenvalue weighted by Crippen LogP contribution is 2.51. The molecule has 3 unspecified atom stereocenters. The number of primary amides is 1. The highest BCUT2D eigenvalue weighted by atomic mass is 16.5. The van der Waals surface area contributed by atoms with Crippen LogP contribution in [0.4, 0.5) is 0 Å². The summed E-state index contributed by atoms with van der Waals surface area (Å²) in [5, 5.41) is 3.66. The number of ether oxygens (including phenoxy) is 1. The summed E-state index contributed by atoms with van der Waals surface area (Å²) in [6.45, 7) is 6.21. The van der Waals surface area contributed by atoms with E-state index in [2.05, 4.69) is 19.2 Å². The lowest BCUT2D eigenvalue weighted by Crippen LogP contribution is -2.69. The number of benzene rings is 1. The summed E-state index contributed by atoms with van der Waals surface area (Å²) in [7, 11) is 0. The summed E-state index contributed by atoms with van der Waals surface area (Å²) in [6.07, 6.45) is 2.79. The van der Waals surface area contributed by atoms with Gasteiger partial charge in [0.25, 0.3) is 0 Å². The average Bonchev–Trinajstić information content (AvgIpc) is 2.47. The van der Waals surface area contributed by atoms with Crippen LogP contribution in [0.5, 0.6) is 0 Å². The Kier molecular flexibility index (Phi) is 3.76. The molecule has 2 fully saturated rings. The van der Waals surface area contributed by atoms with Crippen molar-refractivity contribution >= 4 is 5.91 Å². The number of hydrogen-bond acceptors (Lipinski definition) is 3. The molecule has 2 aliphatic rings. The maximum Gasteiger partial charge on any atom is 0.248 e. The molecule has 0 spiro atoms. The van der Waals surface area contributed by atoms with Gasteiger partial charge in [0, 0.05) is 36.1 Å². The molecule has 3 rings (SSSR count). The zero-order valence-corrected chi connectivity index (χ0v) is 12.8. The zero-order chi connectivity index (χ0) is 15.0. The van der Waals surface area contributed by atoms with Crippen molar-refractivity contribution in [3.63, 3.8) is 0 Å². The van der Waals surface area contributed by atoms with Gasteiger partial charge >= 0.3 is 0 Å². The quantitative estimate of drug-likeness (QED) is 0.891. The van der Waals surface area contributed by atoms with E-state index in [0.29, 0.717) is 23.6 Å². The van der Waals surface area contributed by atoms with Crippen LogP contribution < -0.4 is 11.1 Å². The standard InChI is InChI=1S/C17H24N2O2/c1-17(2)14(13-7-4-8-21-15(13)17)19-10-11-5-3-6-12(9-11)16(18)20/h3,5-6,9,13-15,19H,4,7-8,10H2,1-2H3,(H2,18,20). The van der Waals surface area contributed by atoms with Gasteiger partial charge in [0.2, 0.25) is 5.91 Å². The topological polar surface area (TPSA) is 64.3 Å². The minimum absolute atomic E-state index is 0.173. The molecule has 1 aliphatic carbocycles. The molecule has 3 atom stereocenters. The second-order valence-electron chi connectivity index (χ2n) is 6.84. The van der Waals surface area contributed by atoms with Crippen LogP contribution in [-0.4, -0.2) is 24.7 Å². The van der Waals surface area contributed by atoms with E-state index in [-0.39, 0.29) is 11.3 Å². The fraction of sp³-hybridized carbons (Fsp3) is 0.588. The Morgan fingerprint density at radius 3 is 3.05 bits per heavy atom. The maximum atomic E-state index is 11.2. The highest BCUT2D eigenvalue weighted by molar-refractivity contribution is 5.92. The summed E-state index contributed by atoms with van der Waals surface area (Å²) in [6, 6.07) is 8.01. The van der Waals surface area contributed by atoms with Crippen LogP contribution in [0.2, 0.25) is 0 Å². The number of nitrogens with one attached hydrogen (secondary N) is 1. The molecule has 21 heavy (non-hydrogen) atoms. The van der Waals surface area contributed by atoms with Crippen molar-refractivity contribution in [2.45, 2.75) is 45.4 Å². The van der Waals surface area contributed by atoms with Gasteiger partial charge < -0.3 is 15.8 Å². The largest absolute Gasteiger partial charge is 0.377 e. The van der Waals surface area contributed by atoms with Crippen LogP contribution in [0.3, 0.4) is 0 Å².